The van der Waals surface area contributed by atoms with Gasteiger partial charge in [-0.25, -0.2) is 4.98 Å². The first kappa shape index (κ1) is 13.1. The number of nitrogens with one attached hydrogen (secondary N) is 1. The summed E-state index contributed by atoms with van der Waals surface area (Å²) in [6.07, 6.45) is 0. The van der Waals surface area contributed by atoms with E-state index in [9.17, 15) is 5.11 Å². The zero-order valence-corrected chi connectivity index (χ0v) is 11.4. The van der Waals surface area contributed by atoms with Crippen LogP contribution >= 0.6 is 23.4 Å². The SMILES string of the molecule is CNc1ccc(Cl)c(CSc2ccc(O)cc2)n1. The van der Waals surface area contributed by atoms with Gasteiger partial charge in [-0.1, -0.05) is 11.6 Å². The number of phenols is 1. The van der Waals surface area contributed by atoms with Crippen molar-refractivity contribution >= 4 is 29.2 Å². The van der Waals surface area contributed by atoms with Crippen molar-refractivity contribution in [2.45, 2.75) is 10.6 Å². The standard InChI is InChI=1S/C13H13ClN2OS/c1-15-13-7-6-11(14)12(16-13)8-18-10-4-2-9(17)3-5-10/h2-7,17H,8H2,1H3,(H,15,16). The molecule has 5 heteroatoms. The summed E-state index contributed by atoms with van der Waals surface area (Å²) in [6.45, 7) is 0. The van der Waals surface area contributed by atoms with Gasteiger partial charge in [-0.05, 0) is 36.4 Å². The van der Waals surface area contributed by atoms with Crippen molar-refractivity contribution < 1.29 is 5.11 Å². The molecule has 0 spiro atoms. The van der Waals surface area contributed by atoms with Crippen LogP contribution in [0, 0.1) is 0 Å². The minimum absolute atomic E-state index is 0.271. The smallest absolute Gasteiger partial charge is 0.126 e. The quantitative estimate of drug-likeness (QED) is 0.837. The molecule has 0 atom stereocenters. The molecule has 2 rings (SSSR count). The molecular formula is C13H13ClN2OS. The zero-order chi connectivity index (χ0) is 13.0. The number of anilines is 1. The highest BCUT2D eigenvalue weighted by atomic mass is 35.5. The van der Waals surface area contributed by atoms with Crippen LogP contribution in [0.2, 0.25) is 5.02 Å². The number of benzene rings is 1. The Labute approximate surface area is 115 Å². The summed E-state index contributed by atoms with van der Waals surface area (Å²) >= 11 is 7.73. The van der Waals surface area contributed by atoms with Crippen LogP contribution in [-0.2, 0) is 5.75 Å². The molecule has 1 aromatic heterocycles. The second-order valence-electron chi connectivity index (χ2n) is 3.66. The molecule has 94 valence electrons. The molecule has 0 fully saturated rings. The Morgan fingerprint density at radius 3 is 2.61 bits per heavy atom. The average Bonchev–Trinajstić information content (AvgIpc) is 2.40. The largest absolute Gasteiger partial charge is 0.508 e. The summed E-state index contributed by atoms with van der Waals surface area (Å²) in [4.78, 5) is 5.48. The predicted molar refractivity (Wildman–Crippen MR) is 76.5 cm³/mol. The lowest BCUT2D eigenvalue weighted by Gasteiger charge is -2.06. The van der Waals surface area contributed by atoms with E-state index in [-0.39, 0.29) is 5.75 Å². The third kappa shape index (κ3) is 3.31. The van der Waals surface area contributed by atoms with Gasteiger partial charge in [0, 0.05) is 17.7 Å². The van der Waals surface area contributed by atoms with Crippen molar-refractivity contribution in [2.75, 3.05) is 12.4 Å². The van der Waals surface area contributed by atoms with Crippen molar-refractivity contribution in [2.24, 2.45) is 0 Å². The first-order chi connectivity index (χ1) is 8.69. The normalized spacial score (nSPS) is 10.3. The highest BCUT2D eigenvalue weighted by molar-refractivity contribution is 7.98. The molecule has 0 unspecified atom stereocenters. The molecule has 0 saturated heterocycles. The molecule has 0 aliphatic rings. The number of hydrogen-bond donors (Lipinski definition) is 2. The number of aromatic hydroxyl groups is 1. The molecule has 2 N–H and O–H groups in total. The summed E-state index contributed by atoms with van der Waals surface area (Å²) in [7, 11) is 1.83. The fourth-order valence-electron chi connectivity index (χ4n) is 1.42. The molecule has 1 heterocycles. The van der Waals surface area contributed by atoms with Gasteiger partial charge in [0.25, 0.3) is 0 Å². The number of halogens is 1. The molecule has 0 aliphatic heterocycles. The Hall–Kier alpha value is -1.39. The molecule has 0 radical (unpaired) electrons. The van der Waals surface area contributed by atoms with Crippen LogP contribution < -0.4 is 5.32 Å². The lowest BCUT2D eigenvalue weighted by molar-refractivity contribution is 0.475. The fourth-order valence-corrected chi connectivity index (χ4v) is 2.52. The maximum absolute atomic E-state index is 9.20. The Morgan fingerprint density at radius 1 is 1.22 bits per heavy atom. The number of phenolic OH excluding ortho intramolecular Hbond substituents is 1. The van der Waals surface area contributed by atoms with Crippen LogP contribution in [0.5, 0.6) is 5.75 Å². The van der Waals surface area contributed by atoms with E-state index in [1.165, 1.54) is 0 Å². The Morgan fingerprint density at radius 2 is 1.94 bits per heavy atom. The van der Waals surface area contributed by atoms with Crippen LogP contribution in [0.3, 0.4) is 0 Å². The Kier molecular flexibility index (Phi) is 4.33. The number of aromatic nitrogens is 1. The van der Waals surface area contributed by atoms with Crippen LogP contribution in [0.4, 0.5) is 5.82 Å². The third-order valence-electron chi connectivity index (χ3n) is 2.39. The first-order valence-corrected chi connectivity index (χ1v) is 6.80. The van der Waals surface area contributed by atoms with E-state index in [0.717, 1.165) is 16.4 Å². The maximum Gasteiger partial charge on any atom is 0.126 e. The second kappa shape index (κ2) is 5.98. The zero-order valence-electron chi connectivity index (χ0n) is 9.85. The molecule has 0 amide bonds. The first-order valence-electron chi connectivity index (χ1n) is 5.44. The lowest BCUT2D eigenvalue weighted by atomic mass is 10.3. The molecule has 0 aliphatic carbocycles. The minimum atomic E-state index is 0.271. The third-order valence-corrected chi connectivity index (χ3v) is 3.75. The molecule has 1 aromatic carbocycles. The topological polar surface area (TPSA) is 45.1 Å². The van der Waals surface area contributed by atoms with Crippen molar-refractivity contribution in [3.63, 3.8) is 0 Å². The highest BCUT2D eigenvalue weighted by Crippen LogP contribution is 2.27. The van der Waals surface area contributed by atoms with Gasteiger partial charge in [-0.2, -0.15) is 0 Å². The minimum Gasteiger partial charge on any atom is -0.508 e. The molecule has 0 bridgehead atoms. The van der Waals surface area contributed by atoms with Gasteiger partial charge in [0.1, 0.15) is 11.6 Å². The van der Waals surface area contributed by atoms with E-state index in [2.05, 4.69) is 10.3 Å². The van der Waals surface area contributed by atoms with Crippen LogP contribution in [0.1, 0.15) is 5.69 Å². The fraction of sp³-hybridized carbons (Fsp3) is 0.154. The van der Waals surface area contributed by atoms with Gasteiger partial charge in [-0.3, -0.25) is 0 Å². The van der Waals surface area contributed by atoms with E-state index in [4.69, 9.17) is 11.6 Å². The van der Waals surface area contributed by atoms with E-state index in [1.807, 2.05) is 31.3 Å². The number of nitrogens with zero attached hydrogens (tertiary/aromatic N) is 1. The molecule has 3 nitrogen and oxygen atoms in total. The van der Waals surface area contributed by atoms with Gasteiger partial charge in [0.15, 0.2) is 0 Å². The van der Waals surface area contributed by atoms with E-state index in [1.54, 1.807) is 23.9 Å². The number of thioether (sulfide) groups is 1. The number of hydrogen-bond acceptors (Lipinski definition) is 4. The number of pyridine rings is 1. The lowest BCUT2D eigenvalue weighted by Crippen LogP contribution is -1.96. The van der Waals surface area contributed by atoms with Crippen molar-refractivity contribution in [3.05, 3.63) is 47.1 Å². The molecular weight excluding hydrogens is 268 g/mol. The van der Waals surface area contributed by atoms with Gasteiger partial charge in [0.2, 0.25) is 0 Å². The Bertz CT molecular complexity index is 531. The van der Waals surface area contributed by atoms with Crippen molar-refractivity contribution in [1.82, 2.24) is 4.98 Å². The van der Waals surface area contributed by atoms with E-state index >= 15 is 0 Å². The van der Waals surface area contributed by atoms with Crippen molar-refractivity contribution in [3.8, 4) is 5.75 Å². The molecule has 2 aromatic rings. The van der Waals surface area contributed by atoms with Gasteiger partial charge in [-0.15, -0.1) is 11.8 Å². The summed E-state index contributed by atoms with van der Waals surface area (Å²) in [5.41, 5.74) is 0.849. The van der Waals surface area contributed by atoms with Crippen LogP contribution in [0.25, 0.3) is 0 Å². The summed E-state index contributed by atoms with van der Waals surface area (Å²) in [6, 6.07) is 10.8. The van der Waals surface area contributed by atoms with E-state index < -0.39 is 0 Å². The van der Waals surface area contributed by atoms with Gasteiger partial charge < -0.3 is 10.4 Å². The van der Waals surface area contributed by atoms with Gasteiger partial charge in [0.05, 0.1) is 10.7 Å². The van der Waals surface area contributed by atoms with Crippen LogP contribution in [0.15, 0.2) is 41.3 Å². The van der Waals surface area contributed by atoms with Crippen LogP contribution in [-0.4, -0.2) is 17.1 Å². The number of rotatable bonds is 4. The summed E-state index contributed by atoms with van der Waals surface area (Å²) in [5, 5.41) is 12.9. The maximum atomic E-state index is 9.20. The average molecular weight is 281 g/mol. The second-order valence-corrected chi connectivity index (χ2v) is 5.11. The molecule has 18 heavy (non-hydrogen) atoms. The predicted octanol–water partition coefficient (Wildman–Crippen LogP) is 3.77. The summed E-state index contributed by atoms with van der Waals surface area (Å²) < 4.78 is 0. The van der Waals surface area contributed by atoms with Crippen molar-refractivity contribution in [1.29, 1.82) is 0 Å². The highest BCUT2D eigenvalue weighted by Gasteiger charge is 2.04. The monoisotopic (exact) mass is 280 g/mol. The van der Waals surface area contributed by atoms with E-state index in [0.29, 0.717) is 10.8 Å². The Balaban J connectivity index is 2.07. The van der Waals surface area contributed by atoms with Gasteiger partial charge >= 0.3 is 0 Å². The molecule has 0 saturated carbocycles. The summed E-state index contributed by atoms with van der Waals surface area (Å²) in [5.74, 6) is 1.77.